The van der Waals surface area contributed by atoms with Crippen molar-refractivity contribution in [2.45, 2.75) is 0 Å². The van der Waals surface area contributed by atoms with Gasteiger partial charge in [0.25, 0.3) is 0 Å². The van der Waals surface area contributed by atoms with Crippen molar-refractivity contribution in [1.29, 1.82) is 5.26 Å². The third-order valence-electron chi connectivity index (χ3n) is 3.69. The average molecular weight is 263 g/mol. The first kappa shape index (κ1) is 12.7. The molecular weight excluding hydrogens is 246 g/mol. The smallest absolute Gasteiger partial charge is 0.0998 e. The minimum atomic E-state index is 0.732. The number of rotatable bonds is 2. The van der Waals surface area contributed by atoms with E-state index >= 15 is 0 Å². The Labute approximate surface area is 119 Å². The second-order valence-electron chi connectivity index (χ2n) is 4.94. The largest absolute Gasteiger partial charge is 0.369 e. The van der Waals surface area contributed by atoms with Gasteiger partial charge in [0.2, 0.25) is 0 Å². The quantitative estimate of drug-likeness (QED) is 0.905. The number of nitrogens with one attached hydrogen (secondary N) is 1. The first-order valence-corrected chi connectivity index (χ1v) is 6.94. The zero-order valence-corrected chi connectivity index (χ0v) is 11.3. The van der Waals surface area contributed by atoms with E-state index in [0.717, 1.165) is 42.9 Å². The molecule has 1 aliphatic heterocycles. The van der Waals surface area contributed by atoms with Gasteiger partial charge >= 0.3 is 0 Å². The van der Waals surface area contributed by atoms with Crippen LogP contribution in [0.4, 0.5) is 5.69 Å². The fourth-order valence-corrected chi connectivity index (χ4v) is 2.61. The lowest BCUT2D eigenvalue weighted by atomic mass is 9.99. The van der Waals surface area contributed by atoms with Crippen LogP contribution in [0.3, 0.4) is 0 Å². The minimum absolute atomic E-state index is 0.732. The van der Waals surface area contributed by atoms with Gasteiger partial charge in [-0.15, -0.1) is 0 Å². The maximum atomic E-state index is 9.31. The lowest BCUT2D eigenvalue weighted by Crippen LogP contribution is -2.43. The molecule has 0 amide bonds. The Bertz CT molecular complexity index is 622. The lowest BCUT2D eigenvalue weighted by molar-refractivity contribution is 0.589. The third kappa shape index (κ3) is 2.52. The predicted molar refractivity (Wildman–Crippen MR) is 81.7 cm³/mol. The van der Waals surface area contributed by atoms with Crippen LogP contribution >= 0.6 is 0 Å². The van der Waals surface area contributed by atoms with Crippen LogP contribution in [0.2, 0.25) is 0 Å². The summed E-state index contributed by atoms with van der Waals surface area (Å²) < 4.78 is 0. The summed E-state index contributed by atoms with van der Waals surface area (Å²) in [6.45, 7) is 4.06. The molecule has 1 N–H and O–H groups in total. The van der Waals surface area contributed by atoms with Gasteiger partial charge in [-0.2, -0.15) is 5.26 Å². The molecular formula is C17H17N3. The summed E-state index contributed by atoms with van der Waals surface area (Å²) in [7, 11) is 0. The molecule has 0 aromatic heterocycles. The van der Waals surface area contributed by atoms with E-state index in [-0.39, 0.29) is 0 Å². The predicted octanol–water partition coefficient (Wildman–Crippen LogP) is 2.63. The van der Waals surface area contributed by atoms with E-state index < -0.39 is 0 Å². The summed E-state index contributed by atoms with van der Waals surface area (Å²) in [5, 5.41) is 12.7. The maximum Gasteiger partial charge on any atom is 0.0998 e. The van der Waals surface area contributed by atoms with Crippen LogP contribution in [-0.4, -0.2) is 26.2 Å². The van der Waals surface area contributed by atoms with Crippen molar-refractivity contribution in [3.63, 3.8) is 0 Å². The fourth-order valence-electron chi connectivity index (χ4n) is 2.61. The molecule has 3 rings (SSSR count). The fraction of sp³-hybridized carbons (Fsp3) is 0.235. The number of nitrogens with zero attached hydrogens (tertiary/aromatic N) is 2. The molecule has 1 fully saturated rings. The van der Waals surface area contributed by atoms with Gasteiger partial charge in [0.1, 0.15) is 0 Å². The zero-order chi connectivity index (χ0) is 13.8. The van der Waals surface area contributed by atoms with Crippen LogP contribution in [0, 0.1) is 11.3 Å². The van der Waals surface area contributed by atoms with E-state index in [9.17, 15) is 5.26 Å². The number of hydrogen-bond donors (Lipinski definition) is 1. The summed E-state index contributed by atoms with van der Waals surface area (Å²) in [5.74, 6) is 0. The second-order valence-corrected chi connectivity index (χ2v) is 4.94. The van der Waals surface area contributed by atoms with Crippen LogP contribution in [0.15, 0.2) is 48.5 Å². The second kappa shape index (κ2) is 5.77. The summed E-state index contributed by atoms with van der Waals surface area (Å²) in [6, 6.07) is 18.5. The van der Waals surface area contributed by atoms with Gasteiger partial charge in [-0.25, -0.2) is 0 Å². The van der Waals surface area contributed by atoms with Gasteiger partial charge in [0.15, 0.2) is 0 Å². The zero-order valence-electron chi connectivity index (χ0n) is 11.3. The number of piperazine rings is 1. The monoisotopic (exact) mass is 263 g/mol. The number of anilines is 1. The molecule has 1 heterocycles. The molecule has 2 aromatic carbocycles. The van der Waals surface area contributed by atoms with Gasteiger partial charge < -0.3 is 10.2 Å². The third-order valence-corrected chi connectivity index (χ3v) is 3.69. The lowest BCUT2D eigenvalue weighted by Gasteiger charge is -2.30. The van der Waals surface area contributed by atoms with Crippen molar-refractivity contribution in [2.75, 3.05) is 31.1 Å². The standard InChI is InChI=1S/C17H17N3/c18-13-15-6-7-16(20-10-8-19-9-11-20)12-17(15)14-4-2-1-3-5-14/h1-7,12,19H,8-11H2. The molecule has 0 radical (unpaired) electrons. The van der Waals surface area contributed by atoms with Gasteiger partial charge in [-0.05, 0) is 23.8 Å². The van der Waals surface area contributed by atoms with Crippen molar-refractivity contribution in [1.82, 2.24) is 5.32 Å². The van der Waals surface area contributed by atoms with Gasteiger partial charge in [0, 0.05) is 37.4 Å². The molecule has 1 aliphatic rings. The molecule has 0 bridgehead atoms. The Morgan fingerprint density at radius 2 is 1.75 bits per heavy atom. The van der Waals surface area contributed by atoms with E-state index in [1.165, 1.54) is 5.69 Å². The molecule has 0 aliphatic carbocycles. The van der Waals surface area contributed by atoms with E-state index in [1.807, 2.05) is 24.3 Å². The van der Waals surface area contributed by atoms with Gasteiger partial charge in [0.05, 0.1) is 11.6 Å². The maximum absolute atomic E-state index is 9.31. The summed E-state index contributed by atoms with van der Waals surface area (Å²) in [5.41, 5.74) is 4.05. The van der Waals surface area contributed by atoms with E-state index in [2.05, 4.69) is 40.6 Å². The van der Waals surface area contributed by atoms with E-state index in [1.54, 1.807) is 0 Å². The van der Waals surface area contributed by atoms with Crippen molar-refractivity contribution in [3.05, 3.63) is 54.1 Å². The molecule has 1 saturated heterocycles. The van der Waals surface area contributed by atoms with Crippen LogP contribution in [0.1, 0.15) is 5.56 Å². The van der Waals surface area contributed by atoms with Crippen LogP contribution in [0.5, 0.6) is 0 Å². The van der Waals surface area contributed by atoms with E-state index in [4.69, 9.17) is 0 Å². The molecule has 3 heteroatoms. The van der Waals surface area contributed by atoms with Crippen LogP contribution < -0.4 is 10.2 Å². The Morgan fingerprint density at radius 3 is 2.45 bits per heavy atom. The molecule has 2 aromatic rings. The summed E-state index contributed by atoms with van der Waals surface area (Å²) in [4.78, 5) is 2.37. The molecule has 100 valence electrons. The number of hydrogen-bond acceptors (Lipinski definition) is 3. The van der Waals surface area contributed by atoms with Crippen molar-refractivity contribution in [2.24, 2.45) is 0 Å². The van der Waals surface area contributed by atoms with E-state index in [0.29, 0.717) is 0 Å². The normalized spacial score (nSPS) is 14.8. The highest BCUT2D eigenvalue weighted by atomic mass is 15.2. The first-order valence-electron chi connectivity index (χ1n) is 6.94. The van der Waals surface area contributed by atoms with Crippen LogP contribution in [-0.2, 0) is 0 Å². The van der Waals surface area contributed by atoms with Gasteiger partial charge in [-0.3, -0.25) is 0 Å². The SMILES string of the molecule is N#Cc1ccc(N2CCNCC2)cc1-c1ccccc1. The molecule has 0 atom stereocenters. The van der Waals surface area contributed by atoms with Gasteiger partial charge in [-0.1, -0.05) is 30.3 Å². The Morgan fingerprint density at radius 1 is 1.00 bits per heavy atom. The average Bonchev–Trinajstić information content (AvgIpc) is 2.56. The first-order chi connectivity index (χ1) is 9.88. The summed E-state index contributed by atoms with van der Waals surface area (Å²) in [6.07, 6.45) is 0. The highest BCUT2D eigenvalue weighted by Crippen LogP contribution is 2.28. The van der Waals surface area contributed by atoms with Crippen molar-refractivity contribution < 1.29 is 0 Å². The topological polar surface area (TPSA) is 39.1 Å². The van der Waals surface area contributed by atoms with Crippen molar-refractivity contribution in [3.8, 4) is 17.2 Å². The minimum Gasteiger partial charge on any atom is -0.369 e. The van der Waals surface area contributed by atoms with Crippen LogP contribution in [0.25, 0.3) is 11.1 Å². The highest BCUT2D eigenvalue weighted by Gasteiger charge is 2.13. The molecule has 0 unspecified atom stereocenters. The molecule has 0 spiro atoms. The Kier molecular flexibility index (Phi) is 3.67. The Hall–Kier alpha value is -2.31. The summed E-state index contributed by atoms with van der Waals surface area (Å²) >= 11 is 0. The number of benzene rings is 2. The Balaban J connectivity index is 2.01. The molecule has 20 heavy (non-hydrogen) atoms. The van der Waals surface area contributed by atoms with Crippen molar-refractivity contribution >= 4 is 5.69 Å². The molecule has 0 saturated carbocycles. The highest BCUT2D eigenvalue weighted by molar-refractivity contribution is 5.74. The molecule has 3 nitrogen and oxygen atoms in total. The number of nitriles is 1.